The van der Waals surface area contributed by atoms with Crippen molar-refractivity contribution in [2.24, 2.45) is 0 Å². The average Bonchev–Trinajstić information content (AvgIpc) is 3.04. The summed E-state index contributed by atoms with van der Waals surface area (Å²) in [6.45, 7) is -0.0333. The van der Waals surface area contributed by atoms with E-state index in [1.165, 1.54) is 11.3 Å². The highest BCUT2D eigenvalue weighted by Crippen LogP contribution is 2.32. The Morgan fingerprint density at radius 2 is 1.96 bits per heavy atom. The summed E-state index contributed by atoms with van der Waals surface area (Å²) in [6.07, 6.45) is -3.69. The minimum Gasteiger partial charge on any atom is -0.496 e. The molecule has 2 aromatic heterocycles. The van der Waals surface area contributed by atoms with Crippen LogP contribution in [-0.4, -0.2) is 16.7 Å². The molecule has 25 heavy (non-hydrogen) atoms. The normalized spacial score (nSPS) is 11.5. The molecule has 3 rings (SSSR count). The zero-order valence-electron chi connectivity index (χ0n) is 13.1. The summed E-state index contributed by atoms with van der Waals surface area (Å²) in [5, 5.41) is 2.39. The number of methoxy groups -OCH3 is 1. The van der Waals surface area contributed by atoms with Crippen LogP contribution in [0, 0.1) is 0 Å². The number of hydrogen-bond donors (Lipinski definition) is 0. The summed E-state index contributed by atoms with van der Waals surface area (Å²) < 4.78 is 44.7. The molecule has 1 aromatic carbocycles. The van der Waals surface area contributed by atoms with Gasteiger partial charge in [0, 0.05) is 17.6 Å². The number of benzene rings is 1. The van der Waals surface area contributed by atoms with E-state index in [-0.39, 0.29) is 6.54 Å². The minimum atomic E-state index is -4.50. The molecule has 0 aliphatic heterocycles. The first-order valence-corrected chi connectivity index (χ1v) is 8.12. The molecule has 0 spiro atoms. The zero-order chi connectivity index (χ0) is 18.0. The number of para-hydroxylation sites is 1. The van der Waals surface area contributed by atoms with Gasteiger partial charge in [-0.05, 0) is 18.2 Å². The molecule has 0 atom stereocenters. The fourth-order valence-electron chi connectivity index (χ4n) is 2.32. The van der Waals surface area contributed by atoms with Gasteiger partial charge in [0.25, 0.3) is 5.56 Å². The Morgan fingerprint density at radius 1 is 1.20 bits per heavy atom. The molecule has 0 aliphatic rings. The van der Waals surface area contributed by atoms with Crippen molar-refractivity contribution >= 4 is 11.3 Å². The molecule has 0 amide bonds. The lowest BCUT2D eigenvalue weighted by Gasteiger charge is -2.09. The van der Waals surface area contributed by atoms with E-state index in [0.29, 0.717) is 16.5 Å². The molecule has 0 fully saturated rings. The molecule has 0 saturated heterocycles. The molecule has 0 N–H and O–H groups in total. The standard InChI is InChI=1S/C17H13F3N2O2S/c1-24-14-5-3-2-4-13(14)16-21-12(10-25-16)9-22-8-11(17(18,19)20)6-7-15(22)23/h2-8,10H,9H2,1H3. The number of aromatic nitrogens is 2. The molecule has 0 saturated carbocycles. The quantitative estimate of drug-likeness (QED) is 0.700. The third-order valence-electron chi connectivity index (χ3n) is 3.53. The van der Waals surface area contributed by atoms with E-state index in [1.54, 1.807) is 18.6 Å². The summed E-state index contributed by atoms with van der Waals surface area (Å²) in [5.41, 5.74) is -0.0860. The van der Waals surface area contributed by atoms with Gasteiger partial charge in [0.05, 0.1) is 30.5 Å². The predicted molar refractivity (Wildman–Crippen MR) is 88.9 cm³/mol. The van der Waals surface area contributed by atoms with E-state index < -0.39 is 17.3 Å². The first-order valence-electron chi connectivity index (χ1n) is 7.24. The lowest BCUT2D eigenvalue weighted by Crippen LogP contribution is -2.22. The summed E-state index contributed by atoms with van der Waals surface area (Å²) in [5.74, 6) is 0.652. The van der Waals surface area contributed by atoms with Crippen molar-refractivity contribution in [3.63, 3.8) is 0 Å². The monoisotopic (exact) mass is 366 g/mol. The van der Waals surface area contributed by atoms with Crippen molar-refractivity contribution in [2.75, 3.05) is 7.11 Å². The van der Waals surface area contributed by atoms with Crippen LogP contribution in [0.25, 0.3) is 10.6 Å². The van der Waals surface area contributed by atoms with Crippen molar-refractivity contribution in [3.8, 4) is 16.3 Å². The third kappa shape index (κ3) is 3.74. The molecule has 8 heteroatoms. The molecule has 0 aliphatic carbocycles. The van der Waals surface area contributed by atoms with Gasteiger partial charge in [-0.3, -0.25) is 4.79 Å². The summed E-state index contributed by atoms with van der Waals surface area (Å²) >= 11 is 1.34. The number of nitrogens with zero attached hydrogens (tertiary/aromatic N) is 2. The van der Waals surface area contributed by atoms with E-state index in [9.17, 15) is 18.0 Å². The number of rotatable bonds is 4. The molecular formula is C17H13F3N2O2S. The number of hydrogen-bond acceptors (Lipinski definition) is 4. The van der Waals surface area contributed by atoms with Gasteiger partial charge in [-0.2, -0.15) is 13.2 Å². The van der Waals surface area contributed by atoms with Gasteiger partial charge < -0.3 is 9.30 Å². The van der Waals surface area contributed by atoms with Crippen LogP contribution in [0.5, 0.6) is 5.75 Å². The van der Waals surface area contributed by atoms with Gasteiger partial charge in [-0.25, -0.2) is 4.98 Å². The summed E-state index contributed by atoms with van der Waals surface area (Å²) in [6, 6.07) is 9.01. The van der Waals surface area contributed by atoms with E-state index in [4.69, 9.17) is 4.74 Å². The Labute approximate surface area is 145 Å². The van der Waals surface area contributed by atoms with Crippen LogP contribution in [-0.2, 0) is 12.7 Å². The number of pyridine rings is 1. The first kappa shape index (κ1) is 17.2. The first-order chi connectivity index (χ1) is 11.9. The van der Waals surface area contributed by atoms with Crippen LogP contribution in [0.4, 0.5) is 13.2 Å². The van der Waals surface area contributed by atoms with Gasteiger partial charge in [0.2, 0.25) is 0 Å². The molecule has 4 nitrogen and oxygen atoms in total. The van der Waals surface area contributed by atoms with E-state index in [2.05, 4.69) is 4.98 Å². The second kappa shape index (κ2) is 6.72. The summed E-state index contributed by atoms with van der Waals surface area (Å²) in [7, 11) is 1.55. The zero-order valence-corrected chi connectivity index (χ0v) is 13.9. The fourth-order valence-corrected chi connectivity index (χ4v) is 3.16. The maximum absolute atomic E-state index is 12.8. The van der Waals surface area contributed by atoms with Crippen molar-refractivity contribution in [1.29, 1.82) is 0 Å². The summed E-state index contributed by atoms with van der Waals surface area (Å²) in [4.78, 5) is 16.2. The highest BCUT2D eigenvalue weighted by Gasteiger charge is 2.31. The van der Waals surface area contributed by atoms with Gasteiger partial charge in [-0.15, -0.1) is 11.3 Å². The second-order valence-electron chi connectivity index (χ2n) is 5.23. The molecule has 130 valence electrons. The van der Waals surface area contributed by atoms with Crippen LogP contribution in [0.1, 0.15) is 11.3 Å². The van der Waals surface area contributed by atoms with Crippen LogP contribution < -0.4 is 10.3 Å². The van der Waals surface area contributed by atoms with Crippen molar-refractivity contribution < 1.29 is 17.9 Å². The third-order valence-corrected chi connectivity index (χ3v) is 4.46. The molecule has 0 unspecified atom stereocenters. The van der Waals surface area contributed by atoms with Crippen molar-refractivity contribution in [2.45, 2.75) is 12.7 Å². The highest BCUT2D eigenvalue weighted by molar-refractivity contribution is 7.13. The van der Waals surface area contributed by atoms with Gasteiger partial charge in [0.15, 0.2) is 0 Å². The Kier molecular flexibility index (Phi) is 4.63. The lowest BCUT2D eigenvalue weighted by atomic mass is 10.2. The van der Waals surface area contributed by atoms with Gasteiger partial charge in [0.1, 0.15) is 10.8 Å². The Hall–Kier alpha value is -2.61. The molecule has 2 heterocycles. The molecular weight excluding hydrogens is 353 g/mol. The largest absolute Gasteiger partial charge is 0.496 e. The van der Waals surface area contributed by atoms with Crippen LogP contribution >= 0.6 is 11.3 Å². The van der Waals surface area contributed by atoms with Crippen LogP contribution in [0.15, 0.2) is 52.8 Å². The number of alkyl halides is 3. The predicted octanol–water partition coefficient (Wildman–Crippen LogP) is 4.05. The fraction of sp³-hybridized carbons (Fsp3) is 0.176. The minimum absolute atomic E-state index is 0.0333. The van der Waals surface area contributed by atoms with Crippen molar-refractivity contribution in [1.82, 2.24) is 9.55 Å². The topological polar surface area (TPSA) is 44.1 Å². The molecule has 0 radical (unpaired) electrons. The van der Waals surface area contributed by atoms with E-state index in [0.717, 1.165) is 28.5 Å². The number of halogens is 3. The van der Waals surface area contributed by atoms with E-state index in [1.807, 2.05) is 18.2 Å². The maximum Gasteiger partial charge on any atom is 0.417 e. The second-order valence-corrected chi connectivity index (χ2v) is 6.08. The Bertz CT molecular complexity index is 947. The maximum atomic E-state index is 12.8. The Balaban J connectivity index is 1.91. The molecule has 3 aromatic rings. The van der Waals surface area contributed by atoms with Crippen LogP contribution in [0.2, 0.25) is 0 Å². The van der Waals surface area contributed by atoms with Gasteiger partial charge >= 0.3 is 6.18 Å². The lowest BCUT2D eigenvalue weighted by molar-refractivity contribution is -0.138. The smallest absolute Gasteiger partial charge is 0.417 e. The van der Waals surface area contributed by atoms with Crippen LogP contribution in [0.3, 0.4) is 0 Å². The molecule has 0 bridgehead atoms. The SMILES string of the molecule is COc1ccccc1-c1nc(Cn2cc(C(F)(F)F)ccc2=O)cs1. The van der Waals surface area contributed by atoms with E-state index >= 15 is 0 Å². The average molecular weight is 366 g/mol. The van der Waals surface area contributed by atoms with Gasteiger partial charge in [-0.1, -0.05) is 12.1 Å². The van der Waals surface area contributed by atoms with Crippen molar-refractivity contribution in [3.05, 3.63) is 69.6 Å². The number of ether oxygens (including phenoxy) is 1. The highest BCUT2D eigenvalue weighted by atomic mass is 32.1. The Morgan fingerprint density at radius 3 is 2.68 bits per heavy atom. The number of thiazole rings is 1.